The molecule has 7 heteroatoms. The van der Waals surface area contributed by atoms with E-state index in [2.05, 4.69) is 21.9 Å². The molecule has 0 aromatic carbocycles. The van der Waals surface area contributed by atoms with E-state index in [4.69, 9.17) is 14.2 Å². The van der Waals surface area contributed by atoms with Gasteiger partial charge in [0.1, 0.15) is 18.3 Å². The maximum atomic E-state index is 9.65. The Bertz CT molecular complexity index is 448. The highest BCUT2D eigenvalue weighted by atomic mass is 16.6. The van der Waals surface area contributed by atoms with Crippen molar-refractivity contribution >= 4 is 11.9 Å². The molecule has 2 N–H and O–H groups in total. The zero-order valence-electron chi connectivity index (χ0n) is 10.7. The number of nitrogens with zero attached hydrogens (tertiary/aromatic N) is 2. The Labute approximate surface area is 111 Å². The molecule has 0 amide bonds. The van der Waals surface area contributed by atoms with E-state index in [0.717, 1.165) is 0 Å². The molecule has 0 radical (unpaired) electrons. The first-order valence-electron chi connectivity index (χ1n) is 6.36. The molecule has 3 rings (SSSR count). The van der Waals surface area contributed by atoms with Gasteiger partial charge >= 0.3 is 0 Å². The Morgan fingerprint density at radius 3 is 3.05 bits per heavy atom. The molecule has 0 spiro atoms. The SMILES string of the molecule is C=C1NC(O[C@@H]2CO[C@H]3[C@@H]2OC[C@H]3O)=NC1=NCC. The molecule has 2 saturated heterocycles. The summed E-state index contributed by atoms with van der Waals surface area (Å²) in [7, 11) is 0. The molecule has 0 aromatic heterocycles. The van der Waals surface area contributed by atoms with Crippen molar-refractivity contribution in [1.82, 2.24) is 5.32 Å². The number of rotatable bonds is 2. The molecule has 0 bridgehead atoms. The van der Waals surface area contributed by atoms with E-state index < -0.39 is 6.10 Å². The van der Waals surface area contributed by atoms with Gasteiger partial charge in [0.2, 0.25) is 0 Å². The van der Waals surface area contributed by atoms with Gasteiger partial charge in [-0.15, -0.1) is 0 Å². The molecule has 0 unspecified atom stereocenters. The van der Waals surface area contributed by atoms with Gasteiger partial charge in [-0.1, -0.05) is 6.58 Å². The summed E-state index contributed by atoms with van der Waals surface area (Å²) in [5.74, 6) is 0.556. The molecule has 3 aliphatic rings. The zero-order chi connectivity index (χ0) is 13.4. The van der Waals surface area contributed by atoms with Crippen molar-refractivity contribution in [2.75, 3.05) is 19.8 Å². The van der Waals surface area contributed by atoms with Gasteiger partial charge in [0, 0.05) is 6.54 Å². The topological polar surface area (TPSA) is 84.7 Å². The van der Waals surface area contributed by atoms with Crippen LogP contribution in [0.2, 0.25) is 0 Å². The summed E-state index contributed by atoms with van der Waals surface area (Å²) in [6, 6.07) is 0.358. The lowest BCUT2D eigenvalue weighted by atomic mass is 10.1. The summed E-state index contributed by atoms with van der Waals surface area (Å²) in [6.07, 6.45) is -1.41. The van der Waals surface area contributed by atoms with Crippen molar-refractivity contribution < 1.29 is 19.3 Å². The highest BCUT2D eigenvalue weighted by Gasteiger charge is 2.49. The van der Waals surface area contributed by atoms with Crippen LogP contribution in [0.1, 0.15) is 6.92 Å². The van der Waals surface area contributed by atoms with E-state index in [0.29, 0.717) is 30.7 Å². The predicted octanol–water partition coefficient (Wildman–Crippen LogP) is -0.579. The highest BCUT2D eigenvalue weighted by Crippen LogP contribution is 2.29. The number of amidine groups is 2. The molecular formula is C12H17N3O4. The van der Waals surface area contributed by atoms with E-state index in [1.807, 2.05) is 6.92 Å². The molecule has 0 aliphatic carbocycles. The van der Waals surface area contributed by atoms with Crippen molar-refractivity contribution in [3.63, 3.8) is 0 Å². The van der Waals surface area contributed by atoms with Crippen molar-refractivity contribution in [2.24, 2.45) is 9.98 Å². The van der Waals surface area contributed by atoms with Crippen LogP contribution in [0.4, 0.5) is 0 Å². The van der Waals surface area contributed by atoms with Crippen molar-refractivity contribution in [3.8, 4) is 0 Å². The summed E-state index contributed by atoms with van der Waals surface area (Å²) in [5, 5.41) is 12.6. The Morgan fingerprint density at radius 2 is 2.26 bits per heavy atom. The van der Waals surface area contributed by atoms with Gasteiger partial charge in [0.25, 0.3) is 6.02 Å². The average Bonchev–Trinajstić information content (AvgIpc) is 3.02. The van der Waals surface area contributed by atoms with Crippen molar-refractivity contribution in [2.45, 2.75) is 31.3 Å². The third-order valence-electron chi connectivity index (χ3n) is 3.29. The van der Waals surface area contributed by atoms with Crippen molar-refractivity contribution in [1.29, 1.82) is 0 Å². The molecule has 0 aromatic rings. The van der Waals surface area contributed by atoms with Crippen LogP contribution in [0.15, 0.2) is 22.3 Å². The van der Waals surface area contributed by atoms with Crippen LogP contribution in [-0.2, 0) is 14.2 Å². The second kappa shape index (κ2) is 4.92. The molecule has 3 heterocycles. The summed E-state index contributed by atoms with van der Waals surface area (Å²) in [5.41, 5.74) is 0.625. The smallest absolute Gasteiger partial charge is 0.296 e. The number of ether oxygens (including phenoxy) is 3. The minimum absolute atomic E-state index is 0.250. The molecule has 104 valence electrons. The first-order valence-corrected chi connectivity index (χ1v) is 6.36. The number of hydrogen-bond acceptors (Lipinski definition) is 6. The zero-order valence-corrected chi connectivity index (χ0v) is 10.7. The van der Waals surface area contributed by atoms with Gasteiger partial charge in [0.05, 0.1) is 18.9 Å². The molecule has 19 heavy (non-hydrogen) atoms. The molecule has 2 fully saturated rings. The summed E-state index contributed by atoms with van der Waals surface area (Å²) in [4.78, 5) is 8.41. The fraction of sp³-hybridized carbons (Fsp3) is 0.667. The summed E-state index contributed by atoms with van der Waals surface area (Å²) in [6.45, 7) is 7.04. The Kier molecular flexibility index (Phi) is 3.26. The van der Waals surface area contributed by atoms with E-state index in [1.165, 1.54) is 0 Å². The van der Waals surface area contributed by atoms with Gasteiger partial charge < -0.3 is 24.6 Å². The second-order valence-electron chi connectivity index (χ2n) is 4.64. The normalized spacial score (nSPS) is 39.4. The highest BCUT2D eigenvalue weighted by molar-refractivity contribution is 6.11. The largest absolute Gasteiger partial charge is 0.456 e. The van der Waals surface area contributed by atoms with E-state index in [9.17, 15) is 5.11 Å². The Balaban J connectivity index is 1.65. The predicted molar refractivity (Wildman–Crippen MR) is 68.0 cm³/mol. The lowest BCUT2D eigenvalue weighted by Gasteiger charge is -2.17. The van der Waals surface area contributed by atoms with Gasteiger partial charge in [-0.2, -0.15) is 4.99 Å². The fourth-order valence-corrected chi connectivity index (χ4v) is 2.40. The number of hydrogen-bond donors (Lipinski definition) is 2. The Morgan fingerprint density at radius 1 is 1.47 bits per heavy atom. The summed E-state index contributed by atoms with van der Waals surface area (Å²) >= 11 is 0. The minimum Gasteiger partial charge on any atom is -0.456 e. The Hall–Kier alpha value is -1.44. The number of aliphatic imine (C=N–C) groups is 2. The maximum absolute atomic E-state index is 9.65. The maximum Gasteiger partial charge on any atom is 0.296 e. The molecule has 4 atom stereocenters. The average molecular weight is 267 g/mol. The standard InChI is InChI=1S/C12H17N3O4/c1-3-13-11-6(2)14-12(15-11)19-8-5-18-9-7(16)4-17-10(8)9/h7-10,16H,2-5H2,1H3,(H,13,14,15)/t7-,8-,9-,10-/m1/s1. The molecule has 3 aliphatic heterocycles. The number of fused-ring (bicyclic) bond motifs is 1. The van der Waals surface area contributed by atoms with Crippen molar-refractivity contribution in [3.05, 3.63) is 12.3 Å². The van der Waals surface area contributed by atoms with E-state index in [-0.39, 0.29) is 24.9 Å². The summed E-state index contributed by atoms with van der Waals surface area (Å²) < 4.78 is 16.7. The van der Waals surface area contributed by atoms with Gasteiger partial charge in [-0.3, -0.25) is 4.99 Å². The quantitative estimate of drug-likeness (QED) is 0.699. The number of nitrogens with one attached hydrogen (secondary N) is 1. The van der Waals surface area contributed by atoms with Gasteiger partial charge in [-0.05, 0) is 6.92 Å². The van der Waals surface area contributed by atoms with E-state index in [1.54, 1.807) is 0 Å². The number of aliphatic hydroxyl groups excluding tert-OH is 1. The lowest BCUT2D eigenvalue weighted by Crippen LogP contribution is -2.36. The van der Waals surface area contributed by atoms with Crippen LogP contribution in [0, 0.1) is 0 Å². The van der Waals surface area contributed by atoms with Crippen LogP contribution in [-0.4, -0.2) is 61.1 Å². The van der Waals surface area contributed by atoms with Gasteiger partial charge in [0.15, 0.2) is 11.9 Å². The molecule has 7 nitrogen and oxygen atoms in total. The second-order valence-corrected chi connectivity index (χ2v) is 4.64. The van der Waals surface area contributed by atoms with Crippen LogP contribution in [0.25, 0.3) is 0 Å². The molecule has 0 saturated carbocycles. The van der Waals surface area contributed by atoms with Crippen LogP contribution < -0.4 is 5.32 Å². The third kappa shape index (κ3) is 2.24. The van der Waals surface area contributed by atoms with E-state index >= 15 is 0 Å². The minimum atomic E-state index is -0.579. The first kappa shape index (κ1) is 12.6. The molecular weight excluding hydrogens is 250 g/mol. The van der Waals surface area contributed by atoms with Gasteiger partial charge in [-0.25, -0.2) is 0 Å². The van der Waals surface area contributed by atoms with Crippen LogP contribution in [0.3, 0.4) is 0 Å². The first-order chi connectivity index (χ1) is 9.19. The van der Waals surface area contributed by atoms with Crippen LogP contribution in [0.5, 0.6) is 0 Å². The fourth-order valence-electron chi connectivity index (χ4n) is 2.40. The monoisotopic (exact) mass is 267 g/mol. The lowest BCUT2D eigenvalue weighted by molar-refractivity contribution is 0.00520. The third-order valence-corrected chi connectivity index (χ3v) is 3.29. The number of aliphatic hydroxyl groups is 1. The van der Waals surface area contributed by atoms with Crippen LogP contribution >= 0.6 is 0 Å².